The highest BCUT2D eigenvalue weighted by Crippen LogP contribution is 2.18. The molecule has 1 aliphatic rings. The Balaban J connectivity index is 1.58. The Kier molecular flexibility index (Phi) is 6.09. The van der Waals surface area contributed by atoms with Gasteiger partial charge in [-0.1, -0.05) is 48.9 Å². The molecule has 1 heterocycles. The summed E-state index contributed by atoms with van der Waals surface area (Å²) in [5.41, 5.74) is 2.95. The van der Waals surface area contributed by atoms with Crippen molar-refractivity contribution < 1.29 is 13.2 Å². The largest absolute Gasteiger partial charge is 0.293 e. The van der Waals surface area contributed by atoms with Gasteiger partial charge in [0.1, 0.15) is 0 Å². The summed E-state index contributed by atoms with van der Waals surface area (Å²) in [6.45, 7) is 6.26. The second kappa shape index (κ2) is 8.33. The smallest absolute Gasteiger partial charge is 0.243 e. The summed E-state index contributed by atoms with van der Waals surface area (Å²) in [5, 5.41) is 0. The molecule has 0 amide bonds. The number of hydrogen-bond donors (Lipinski definition) is 0. The Labute approximate surface area is 161 Å². The Morgan fingerprint density at radius 1 is 0.926 bits per heavy atom. The molecule has 1 fully saturated rings. The Bertz CT molecular complexity index is 882. The minimum absolute atomic E-state index is 0.0764. The molecule has 0 atom stereocenters. The predicted molar refractivity (Wildman–Crippen MR) is 107 cm³/mol. The lowest BCUT2D eigenvalue weighted by molar-refractivity contribution is 0.0901. The van der Waals surface area contributed by atoms with Crippen LogP contribution in [0.1, 0.15) is 28.4 Å². The molecule has 0 radical (unpaired) electrons. The molecular formula is C21H26N2O3S. The van der Waals surface area contributed by atoms with Gasteiger partial charge in [-0.05, 0) is 31.0 Å². The van der Waals surface area contributed by atoms with Crippen LogP contribution in [0, 0.1) is 6.92 Å². The van der Waals surface area contributed by atoms with E-state index in [0.29, 0.717) is 43.2 Å². The molecule has 0 bridgehead atoms. The third-order valence-electron chi connectivity index (χ3n) is 5.04. The zero-order chi connectivity index (χ0) is 19.4. The first-order chi connectivity index (χ1) is 12.9. The lowest BCUT2D eigenvalue weighted by atomic mass is 10.1. The second-order valence-corrected chi connectivity index (χ2v) is 8.90. The number of benzene rings is 2. The van der Waals surface area contributed by atoms with Gasteiger partial charge in [0.15, 0.2) is 5.78 Å². The molecule has 0 N–H and O–H groups in total. The van der Waals surface area contributed by atoms with Crippen molar-refractivity contribution >= 4 is 15.8 Å². The van der Waals surface area contributed by atoms with Crippen LogP contribution < -0.4 is 0 Å². The third kappa shape index (κ3) is 4.64. The van der Waals surface area contributed by atoms with E-state index in [2.05, 4.69) is 6.92 Å². The van der Waals surface area contributed by atoms with E-state index in [1.54, 1.807) is 12.1 Å². The highest BCUT2D eigenvalue weighted by molar-refractivity contribution is 7.89. The molecule has 3 rings (SSSR count). The monoisotopic (exact) mass is 386 g/mol. The van der Waals surface area contributed by atoms with Crippen LogP contribution >= 0.6 is 0 Å². The van der Waals surface area contributed by atoms with Gasteiger partial charge in [0.05, 0.1) is 11.4 Å². The fraction of sp³-hybridized carbons (Fsp3) is 0.381. The van der Waals surface area contributed by atoms with Crippen LogP contribution in [-0.2, 0) is 16.4 Å². The van der Waals surface area contributed by atoms with Gasteiger partial charge in [0.25, 0.3) is 0 Å². The molecular weight excluding hydrogens is 360 g/mol. The van der Waals surface area contributed by atoms with Crippen LogP contribution in [0.5, 0.6) is 0 Å². The number of hydrogen-bond acceptors (Lipinski definition) is 4. The first-order valence-corrected chi connectivity index (χ1v) is 10.8. The number of rotatable bonds is 6. The molecule has 1 aliphatic heterocycles. The summed E-state index contributed by atoms with van der Waals surface area (Å²) < 4.78 is 27.0. The SMILES string of the molecule is CCc1ccc(C(=O)CN2CCN(S(=O)(=O)c3ccc(C)cc3)CC2)cc1. The summed E-state index contributed by atoms with van der Waals surface area (Å²) in [7, 11) is -3.47. The highest BCUT2D eigenvalue weighted by Gasteiger charge is 2.29. The minimum atomic E-state index is -3.47. The standard InChI is InChI=1S/C21H26N2O3S/c1-3-18-6-8-19(9-7-18)21(24)16-22-12-14-23(15-13-22)27(25,26)20-10-4-17(2)5-11-20/h4-11H,3,12-16H2,1-2H3. The molecule has 0 aliphatic carbocycles. The molecule has 0 saturated carbocycles. The maximum absolute atomic E-state index is 12.7. The van der Waals surface area contributed by atoms with Crippen molar-refractivity contribution in [1.82, 2.24) is 9.21 Å². The minimum Gasteiger partial charge on any atom is -0.293 e. The predicted octanol–water partition coefficient (Wildman–Crippen LogP) is 2.75. The summed E-state index contributed by atoms with van der Waals surface area (Å²) >= 11 is 0. The number of ketones is 1. The Hall–Kier alpha value is -2.02. The molecule has 27 heavy (non-hydrogen) atoms. The number of sulfonamides is 1. The van der Waals surface area contributed by atoms with Gasteiger partial charge in [0, 0.05) is 31.7 Å². The lowest BCUT2D eigenvalue weighted by Gasteiger charge is -2.33. The lowest BCUT2D eigenvalue weighted by Crippen LogP contribution is -2.49. The summed E-state index contributed by atoms with van der Waals surface area (Å²) in [4.78, 5) is 14.8. The van der Waals surface area contributed by atoms with Gasteiger partial charge in [0.2, 0.25) is 10.0 Å². The van der Waals surface area contributed by atoms with E-state index in [1.807, 2.05) is 48.2 Å². The van der Waals surface area contributed by atoms with Crippen LogP contribution in [0.25, 0.3) is 0 Å². The molecule has 2 aromatic carbocycles. The van der Waals surface area contributed by atoms with Gasteiger partial charge in [-0.2, -0.15) is 4.31 Å². The van der Waals surface area contributed by atoms with Crippen molar-refractivity contribution in [2.24, 2.45) is 0 Å². The number of Topliss-reactive ketones (excluding diaryl/α,β-unsaturated/α-hetero) is 1. The molecule has 5 nitrogen and oxygen atoms in total. The van der Waals surface area contributed by atoms with Crippen molar-refractivity contribution in [3.05, 3.63) is 65.2 Å². The van der Waals surface area contributed by atoms with Gasteiger partial charge >= 0.3 is 0 Å². The molecule has 1 saturated heterocycles. The molecule has 0 aromatic heterocycles. The van der Waals surface area contributed by atoms with E-state index in [-0.39, 0.29) is 5.78 Å². The zero-order valence-electron chi connectivity index (χ0n) is 15.9. The third-order valence-corrected chi connectivity index (χ3v) is 6.95. The number of carbonyl (C=O) groups excluding carboxylic acids is 1. The quantitative estimate of drug-likeness (QED) is 0.717. The van der Waals surface area contributed by atoms with Crippen LogP contribution in [0.3, 0.4) is 0 Å². The average molecular weight is 387 g/mol. The van der Waals surface area contributed by atoms with E-state index in [0.717, 1.165) is 12.0 Å². The van der Waals surface area contributed by atoms with Gasteiger partial charge < -0.3 is 0 Å². The van der Waals surface area contributed by atoms with Crippen molar-refractivity contribution in [2.45, 2.75) is 25.2 Å². The highest BCUT2D eigenvalue weighted by atomic mass is 32.2. The molecule has 0 unspecified atom stereocenters. The summed E-state index contributed by atoms with van der Waals surface area (Å²) in [6.07, 6.45) is 0.950. The van der Waals surface area contributed by atoms with Crippen LogP contribution in [-0.4, -0.2) is 56.1 Å². The number of piperazine rings is 1. The van der Waals surface area contributed by atoms with Crippen molar-refractivity contribution in [3.63, 3.8) is 0 Å². The number of nitrogens with zero attached hydrogens (tertiary/aromatic N) is 2. The topological polar surface area (TPSA) is 57.7 Å². The normalized spacial score (nSPS) is 16.4. The molecule has 6 heteroatoms. The maximum atomic E-state index is 12.7. The van der Waals surface area contributed by atoms with Gasteiger partial charge in [-0.25, -0.2) is 8.42 Å². The molecule has 2 aromatic rings. The van der Waals surface area contributed by atoms with Crippen molar-refractivity contribution in [1.29, 1.82) is 0 Å². The first kappa shape index (κ1) is 19.7. The molecule has 0 spiro atoms. The second-order valence-electron chi connectivity index (χ2n) is 6.97. The maximum Gasteiger partial charge on any atom is 0.243 e. The fourth-order valence-corrected chi connectivity index (χ4v) is 4.63. The van der Waals surface area contributed by atoms with Crippen LogP contribution in [0.4, 0.5) is 0 Å². The van der Waals surface area contributed by atoms with E-state index in [9.17, 15) is 13.2 Å². The van der Waals surface area contributed by atoms with Crippen LogP contribution in [0.15, 0.2) is 53.4 Å². The van der Waals surface area contributed by atoms with E-state index >= 15 is 0 Å². The summed E-state index contributed by atoms with van der Waals surface area (Å²) in [5.74, 6) is 0.0764. The fourth-order valence-electron chi connectivity index (χ4n) is 3.21. The first-order valence-electron chi connectivity index (χ1n) is 9.31. The Morgan fingerprint density at radius 3 is 2.07 bits per heavy atom. The number of carbonyl (C=O) groups is 1. The number of aryl methyl sites for hydroxylation is 2. The van der Waals surface area contributed by atoms with Gasteiger partial charge in [-0.15, -0.1) is 0 Å². The zero-order valence-corrected chi connectivity index (χ0v) is 16.7. The van der Waals surface area contributed by atoms with E-state index in [4.69, 9.17) is 0 Å². The van der Waals surface area contributed by atoms with Gasteiger partial charge in [-0.3, -0.25) is 9.69 Å². The van der Waals surface area contributed by atoms with Crippen molar-refractivity contribution in [3.8, 4) is 0 Å². The molecule has 144 valence electrons. The van der Waals surface area contributed by atoms with E-state index < -0.39 is 10.0 Å². The Morgan fingerprint density at radius 2 is 1.52 bits per heavy atom. The summed E-state index contributed by atoms with van der Waals surface area (Å²) in [6, 6.07) is 14.6. The van der Waals surface area contributed by atoms with Crippen molar-refractivity contribution in [2.75, 3.05) is 32.7 Å². The van der Waals surface area contributed by atoms with E-state index in [1.165, 1.54) is 9.87 Å². The van der Waals surface area contributed by atoms with Crippen LogP contribution in [0.2, 0.25) is 0 Å². The average Bonchev–Trinajstić information content (AvgIpc) is 2.69.